The second kappa shape index (κ2) is 10.7. The van der Waals surface area contributed by atoms with Gasteiger partial charge in [0, 0.05) is 60.8 Å². The molecule has 2 N–H and O–H groups in total. The number of amides is 2. The van der Waals surface area contributed by atoms with E-state index in [-0.39, 0.29) is 23.9 Å². The molecule has 1 saturated heterocycles. The fraction of sp³-hybridized carbons (Fsp3) is 0.459. The van der Waals surface area contributed by atoms with Crippen LogP contribution in [0.15, 0.2) is 48.8 Å². The molecule has 0 unspecified atom stereocenters. The molecule has 2 aliphatic heterocycles. The smallest absolute Gasteiger partial charge is 0.251 e. The van der Waals surface area contributed by atoms with E-state index < -0.39 is 5.41 Å². The van der Waals surface area contributed by atoms with Gasteiger partial charge in [0.05, 0.1) is 23.0 Å². The highest BCUT2D eigenvalue weighted by atomic mass is 16.2. The Morgan fingerprint density at radius 3 is 2.41 bits per heavy atom. The maximum Gasteiger partial charge on any atom is 0.251 e. The summed E-state index contributed by atoms with van der Waals surface area (Å²) in [6.45, 7) is 17.2. The number of nitrogens with one attached hydrogen (secondary N) is 2. The fourth-order valence-electron chi connectivity index (χ4n) is 7.59. The first-order valence-electron chi connectivity index (χ1n) is 16.5. The van der Waals surface area contributed by atoms with E-state index in [2.05, 4.69) is 70.9 Å². The maximum absolute atomic E-state index is 13.9. The lowest BCUT2D eigenvalue weighted by Gasteiger charge is -2.55. The van der Waals surface area contributed by atoms with Crippen molar-refractivity contribution >= 4 is 40.0 Å². The van der Waals surface area contributed by atoms with Crippen LogP contribution >= 0.6 is 0 Å². The average Bonchev–Trinajstić information content (AvgIpc) is 3.49. The number of anilines is 3. The molecule has 0 spiro atoms. The van der Waals surface area contributed by atoms with Gasteiger partial charge in [-0.25, -0.2) is 9.97 Å². The van der Waals surface area contributed by atoms with Crippen molar-refractivity contribution in [2.75, 3.05) is 30.4 Å². The topological polar surface area (TPSA) is 95.4 Å². The van der Waals surface area contributed by atoms with E-state index in [0.29, 0.717) is 22.8 Å². The predicted molar refractivity (Wildman–Crippen MR) is 184 cm³/mol. The van der Waals surface area contributed by atoms with Crippen molar-refractivity contribution in [1.29, 1.82) is 0 Å². The number of carbonyl (C=O) groups excluding carboxylic acids is 2. The zero-order chi connectivity index (χ0) is 32.7. The summed E-state index contributed by atoms with van der Waals surface area (Å²) in [5.41, 5.74) is 7.60. The van der Waals surface area contributed by atoms with Crippen molar-refractivity contribution < 1.29 is 9.59 Å². The minimum Gasteiger partial charge on any atom is -0.355 e. The third kappa shape index (κ3) is 4.87. The molecule has 240 valence electrons. The number of fused-ring (bicyclic) bond motifs is 2. The Morgan fingerprint density at radius 2 is 1.74 bits per heavy atom. The standard InChI is InChI=1S/C37H45N7O2/c1-21(2)43-20-39-30-17-29(41-33(32(30)43)40-24-11-9-22(3)27(14-24)34(45)38-8)23-10-12-28-31(13-23)44(35(46)37(28,6)7)26-15-25(16-26)42-18-36(4,5)19-42/h9-14,17,20-21,25-26H,15-16,18-19H2,1-8H3,(H,38,45)(H,40,41)/t25-,26+. The van der Waals surface area contributed by atoms with Gasteiger partial charge in [0.1, 0.15) is 5.52 Å². The van der Waals surface area contributed by atoms with Crippen LogP contribution in [0.5, 0.6) is 0 Å². The van der Waals surface area contributed by atoms with E-state index in [9.17, 15) is 9.59 Å². The molecule has 7 rings (SSSR count). The van der Waals surface area contributed by atoms with Crippen molar-refractivity contribution in [2.45, 2.75) is 84.8 Å². The van der Waals surface area contributed by atoms with Gasteiger partial charge in [-0.3, -0.25) is 14.5 Å². The second-order valence-electron chi connectivity index (χ2n) is 15.1. The summed E-state index contributed by atoms with van der Waals surface area (Å²) in [5.74, 6) is 0.713. The number of likely N-dealkylation sites (tertiary alicyclic amines) is 1. The van der Waals surface area contributed by atoms with Gasteiger partial charge in [-0.15, -0.1) is 0 Å². The number of imidazole rings is 1. The Kier molecular flexibility index (Phi) is 7.05. The largest absolute Gasteiger partial charge is 0.355 e. The number of benzene rings is 2. The summed E-state index contributed by atoms with van der Waals surface area (Å²) in [6.07, 6.45) is 3.89. The minimum atomic E-state index is -0.578. The van der Waals surface area contributed by atoms with E-state index in [1.807, 2.05) is 51.4 Å². The van der Waals surface area contributed by atoms with E-state index in [1.54, 1.807) is 7.05 Å². The van der Waals surface area contributed by atoms with Crippen LogP contribution in [-0.2, 0) is 10.2 Å². The third-order valence-corrected chi connectivity index (χ3v) is 10.3. The fourth-order valence-corrected chi connectivity index (χ4v) is 7.59. The summed E-state index contributed by atoms with van der Waals surface area (Å²) in [5, 5.41) is 6.25. The summed E-state index contributed by atoms with van der Waals surface area (Å²) in [7, 11) is 1.64. The van der Waals surface area contributed by atoms with Crippen LogP contribution in [-0.4, -0.2) is 63.5 Å². The van der Waals surface area contributed by atoms with Crippen molar-refractivity contribution in [3.05, 3.63) is 65.5 Å². The molecule has 2 fully saturated rings. The number of pyridine rings is 1. The number of aryl methyl sites for hydroxylation is 1. The molecule has 4 aromatic rings. The Morgan fingerprint density at radius 1 is 1.00 bits per heavy atom. The van der Waals surface area contributed by atoms with Gasteiger partial charge in [-0.2, -0.15) is 0 Å². The Hall–Kier alpha value is -4.24. The van der Waals surface area contributed by atoms with Crippen molar-refractivity contribution in [3.63, 3.8) is 0 Å². The first-order chi connectivity index (χ1) is 21.8. The van der Waals surface area contributed by atoms with Gasteiger partial charge in [-0.1, -0.05) is 32.0 Å². The number of hydrogen-bond acceptors (Lipinski definition) is 6. The summed E-state index contributed by atoms with van der Waals surface area (Å²) in [4.78, 5) is 41.0. The molecule has 2 aromatic heterocycles. The Labute approximate surface area is 271 Å². The van der Waals surface area contributed by atoms with Crippen LogP contribution in [0.3, 0.4) is 0 Å². The summed E-state index contributed by atoms with van der Waals surface area (Å²) >= 11 is 0. The van der Waals surface area contributed by atoms with Crippen molar-refractivity contribution in [1.82, 2.24) is 24.8 Å². The van der Waals surface area contributed by atoms with Crippen LogP contribution in [0.1, 0.15) is 81.9 Å². The predicted octanol–water partition coefficient (Wildman–Crippen LogP) is 6.59. The van der Waals surface area contributed by atoms with Gasteiger partial charge in [0.2, 0.25) is 5.91 Å². The van der Waals surface area contributed by atoms with Crippen LogP contribution in [0.4, 0.5) is 17.2 Å². The molecular formula is C37H45N7O2. The van der Waals surface area contributed by atoms with Crippen LogP contribution in [0, 0.1) is 12.3 Å². The molecule has 1 aliphatic carbocycles. The van der Waals surface area contributed by atoms with Gasteiger partial charge < -0.3 is 20.1 Å². The molecule has 9 heteroatoms. The molecule has 2 aromatic carbocycles. The van der Waals surface area contributed by atoms with Crippen molar-refractivity contribution in [2.24, 2.45) is 5.41 Å². The molecule has 0 atom stereocenters. The summed E-state index contributed by atoms with van der Waals surface area (Å²) < 4.78 is 2.11. The molecule has 0 radical (unpaired) electrons. The highest BCUT2D eigenvalue weighted by molar-refractivity contribution is 6.09. The normalized spacial score (nSPS) is 21.7. The Balaban J connectivity index is 1.26. The SMILES string of the molecule is CNC(=O)c1cc(Nc2nc(-c3ccc4c(c3)N([C@H]3C[C@@H](N5CC(C)(C)C5)C3)C(=O)C4(C)C)cc3ncn(C(C)C)c23)ccc1C. The van der Waals surface area contributed by atoms with Gasteiger partial charge >= 0.3 is 0 Å². The van der Waals surface area contributed by atoms with Crippen LogP contribution < -0.4 is 15.5 Å². The molecule has 1 saturated carbocycles. The highest BCUT2D eigenvalue weighted by Gasteiger charge is 2.51. The lowest BCUT2D eigenvalue weighted by Crippen LogP contribution is -2.64. The number of nitrogens with zero attached hydrogens (tertiary/aromatic N) is 5. The zero-order valence-electron chi connectivity index (χ0n) is 28.2. The summed E-state index contributed by atoms with van der Waals surface area (Å²) in [6, 6.07) is 15.1. The van der Waals surface area contributed by atoms with Crippen LogP contribution in [0.2, 0.25) is 0 Å². The van der Waals surface area contributed by atoms with E-state index in [0.717, 1.165) is 70.7 Å². The lowest BCUT2D eigenvalue weighted by atomic mass is 9.76. The van der Waals surface area contributed by atoms with Crippen molar-refractivity contribution in [3.8, 4) is 11.3 Å². The van der Waals surface area contributed by atoms with E-state index >= 15 is 0 Å². The number of hydrogen-bond donors (Lipinski definition) is 2. The zero-order valence-corrected chi connectivity index (χ0v) is 28.2. The van der Waals surface area contributed by atoms with Gasteiger partial charge in [-0.05, 0) is 88.3 Å². The third-order valence-electron chi connectivity index (χ3n) is 10.3. The quantitative estimate of drug-likeness (QED) is 0.243. The first-order valence-corrected chi connectivity index (χ1v) is 16.5. The van der Waals surface area contributed by atoms with Crippen LogP contribution in [0.25, 0.3) is 22.3 Å². The molecule has 46 heavy (non-hydrogen) atoms. The molecule has 4 heterocycles. The average molecular weight is 620 g/mol. The molecular weight excluding hydrogens is 574 g/mol. The maximum atomic E-state index is 13.9. The van der Waals surface area contributed by atoms with E-state index in [1.165, 1.54) is 0 Å². The number of carbonyl (C=O) groups is 2. The molecule has 0 bridgehead atoms. The molecule has 3 aliphatic rings. The first kappa shape index (κ1) is 30.4. The second-order valence-corrected chi connectivity index (χ2v) is 15.1. The van der Waals surface area contributed by atoms with E-state index in [4.69, 9.17) is 9.97 Å². The monoisotopic (exact) mass is 619 g/mol. The number of rotatable bonds is 7. The molecule has 9 nitrogen and oxygen atoms in total. The molecule has 2 amide bonds. The Bertz CT molecular complexity index is 1870. The number of aromatic nitrogens is 3. The van der Waals surface area contributed by atoms with Gasteiger partial charge in [0.15, 0.2) is 5.82 Å². The highest BCUT2D eigenvalue weighted by Crippen LogP contribution is 2.48. The lowest BCUT2D eigenvalue weighted by molar-refractivity contribution is -0.123. The minimum absolute atomic E-state index is 0.133. The van der Waals surface area contributed by atoms with Gasteiger partial charge in [0.25, 0.3) is 5.91 Å².